The van der Waals surface area contributed by atoms with Crippen LogP contribution in [0.4, 0.5) is 5.69 Å². The second-order valence-corrected chi connectivity index (χ2v) is 2.83. The average molecular weight is 175 g/mol. The largest absolute Gasteiger partial charge is 0.399 e. The quantitative estimate of drug-likeness (QED) is 0.535. The van der Waals surface area contributed by atoms with Crippen LogP contribution in [0.1, 0.15) is 12.0 Å². The van der Waals surface area contributed by atoms with Gasteiger partial charge in [-0.05, 0) is 17.7 Å². The molecule has 0 saturated heterocycles. The van der Waals surface area contributed by atoms with Crippen LogP contribution in [0.3, 0.4) is 0 Å². The highest BCUT2D eigenvalue weighted by molar-refractivity contribution is 5.39. The molecular weight excluding hydrogens is 162 g/mol. The van der Waals surface area contributed by atoms with E-state index in [1.165, 1.54) is 5.56 Å². The Labute approximate surface area is 78.2 Å². The van der Waals surface area contributed by atoms with Crippen molar-refractivity contribution in [3.8, 4) is 6.07 Å². The van der Waals surface area contributed by atoms with Crippen molar-refractivity contribution in [2.75, 3.05) is 12.3 Å². The smallest absolute Gasteiger partial charge is 0.0635 e. The van der Waals surface area contributed by atoms with Gasteiger partial charge in [-0.3, -0.25) is 0 Å². The Morgan fingerprint density at radius 3 is 2.62 bits per heavy atom. The molecule has 0 amide bonds. The lowest BCUT2D eigenvalue weighted by Gasteiger charge is -2.02. The van der Waals surface area contributed by atoms with Crippen LogP contribution in [0.5, 0.6) is 0 Å². The second-order valence-electron chi connectivity index (χ2n) is 2.83. The lowest BCUT2D eigenvalue weighted by Crippen LogP contribution is -2.13. The number of anilines is 1. The van der Waals surface area contributed by atoms with E-state index in [0.717, 1.165) is 18.8 Å². The number of nitrogens with two attached hydrogens (primary N) is 1. The van der Waals surface area contributed by atoms with Crippen LogP contribution in [-0.2, 0) is 6.54 Å². The standard InChI is InChI=1S/C10H13N3/c11-6-1-7-13-8-9-2-4-10(12)5-3-9/h2-5,13H,1,7-8,12H2. The molecule has 68 valence electrons. The minimum absolute atomic E-state index is 0.551. The van der Waals surface area contributed by atoms with Crippen LogP contribution in [0.25, 0.3) is 0 Å². The summed E-state index contributed by atoms with van der Waals surface area (Å²) in [5.41, 5.74) is 7.51. The van der Waals surface area contributed by atoms with E-state index in [4.69, 9.17) is 11.0 Å². The second kappa shape index (κ2) is 5.18. The van der Waals surface area contributed by atoms with Gasteiger partial charge in [0.1, 0.15) is 0 Å². The van der Waals surface area contributed by atoms with Gasteiger partial charge in [-0.2, -0.15) is 5.26 Å². The number of nitriles is 1. The summed E-state index contributed by atoms with van der Waals surface area (Å²) in [7, 11) is 0. The molecule has 0 fully saturated rings. The van der Waals surface area contributed by atoms with E-state index in [0.29, 0.717) is 6.42 Å². The zero-order valence-corrected chi connectivity index (χ0v) is 7.46. The third-order valence-corrected chi connectivity index (χ3v) is 1.72. The predicted molar refractivity (Wildman–Crippen MR) is 52.8 cm³/mol. The van der Waals surface area contributed by atoms with E-state index >= 15 is 0 Å². The van der Waals surface area contributed by atoms with Crippen LogP contribution in [0.15, 0.2) is 24.3 Å². The van der Waals surface area contributed by atoms with Crippen molar-refractivity contribution >= 4 is 5.69 Å². The van der Waals surface area contributed by atoms with Crippen LogP contribution in [0, 0.1) is 11.3 Å². The summed E-state index contributed by atoms with van der Waals surface area (Å²) in [6.07, 6.45) is 0.551. The lowest BCUT2D eigenvalue weighted by molar-refractivity contribution is 0.699. The minimum atomic E-state index is 0.551. The maximum absolute atomic E-state index is 8.29. The molecule has 0 aliphatic heterocycles. The fraction of sp³-hybridized carbons (Fsp3) is 0.300. The SMILES string of the molecule is N#CCCNCc1ccc(N)cc1. The molecule has 0 saturated carbocycles. The Kier molecular flexibility index (Phi) is 3.80. The molecule has 1 aromatic carbocycles. The van der Waals surface area contributed by atoms with Gasteiger partial charge in [-0.25, -0.2) is 0 Å². The van der Waals surface area contributed by atoms with Gasteiger partial charge in [-0.1, -0.05) is 12.1 Å². The molecule has 0 aliphatic carbocycles. The third-order valence-electron chi connectivity index (χ3n) is 1.72. The number of rotatable bonds is 4. The highest BCUT2D eigenvalue weighted by Crippen LogP contribution is 2.04. The Morgan fingerprint density at radius 2 is 2.00 bits per heavy atom. The van der Waals surface area contributed by atoms with Gasteiger partial charge < -0.3 is 11.1 Å². The van der Waals surface area contributed by atoms with Gasteiger partial charge in [0.15, 0.2) is 0 Å². The van der Waals surface area contributed by atoms with Gasteiger partial charge in [0.2, 0.25) is 0 Å². The fourth-order valence-corrected chi connectivity index (χ4v) is 1.01. The average Bonchev–Trinajstić information content (AvgIpc) is 2.15. The molecule has 0 spiro atoms. The van der Waals surface area contributed by atoms with Crippen LogP contribution in [-0.4, -0.2) is 6.54 Å². The maximum Gasteiger partial charge on any atom is 0.0635 e. The van der Waals surface area contributed by atoms with E-state index in [9.17, 15) is 0 Å². The van der Waals surface area contributed by atoms with Gasteiger partial charge in [-0.15, -0.1) is 0 Å². The fourth-order valence-electron chi connectivity index (χ4n) is 1.01. The first kappa shape index (κ1) is 9.56. The molecule has 0 aliphatic rings. The van der Waals surface area contributed by atoms with Crippen LogP contribution >= 0.6 is 0 Å². The molecule has 0 aromatic heterocycles. The third kappa shape index (κ3) is 3.59. The number of benzene rings is 1. The van der Waals surface area contributed by atoms with Crippen molar-refractivity contribution < 1.29 is 0 Å². The summed E-state index contributed by atoms with van der Waals surface area (Å²) in [5, 5.41) is 11.5. The molecule has 1 rings (SSSR count). The minimum Gasteiger partial charge on any atom is -0.399 e. The van der Waals surface area contributed by atoms with E-state index in [2.05, 4.69) is 11.4 Å². The van der Waals surface area contributed by atoms with E-state index in [1.807, 2.05) is 24.3 Å². The Hall–Kier alpha value is -1.53. The molecule has 0 bridgehead atoms. The van der Waals surface area contributed by atoms with E-state index < -0.39 is 0 Å². The predicted octanol–water partition coefficient (Wildman–Crippen LogP) is 1.27. The Morgan fingerprint density at radius 1 is 1.31 bits per heavy atom. The monoisotopic (exact) mass is 175 g/mol. The first-order valence-corrected chi connectivity index (χ1v) is 4.25. The molecule has 0 radical (unpaired) electrons. The van der Waals surface area contributed by atoms with Gasteiger partial charge >= 0.3 is 0 Å². The normalized spacial score (nSPS) is 9.46. The van der Waals surface area contributed by atoms with Gasteiger partial charge in [0.25, 0.3) is 0 Å². The van der Waals surface area contributed by atoms with Crippen molar-refractivity contribution in [1.82, 2.24) is 5.32 Å². The van der Waals surface area contributed by atoms with Gasteiger partial charge in [0, 0.05) is 25.2 Å². The zero-order valence-electron chi connectivity index (χ0n) is 7.46. The number of hydrogen-bond donors (Lipinski definition) is 2. The molecule has 1 aromatic rings. The van der Waals surface area contributed by atoms with Crippen molar-refractivity contribution in [2.45, 2.75) is 13.0 Å². The molecule has 13 heavy (non-hydrogen) atoms. The van der Waals surface area contributed by atoms with Crippen molar-refractivity contribution in [2.24, 2.45) is 0 Å². The summed E-state index contributed by atoms with van der Waals surface area (Å²) >= 11 is 0. The highest BCUT2D eigenvalue weighted by atomic mass is 14.8. The summed E-state index contributed by atoms with van der Waals surface area (Å²) in [4.78, 5) is 0. The summed E-state index contributed by atoms with van der Waals surface area (Å²) in [6.45, 7) is 1.53. The molecule has 0 heterocycles. The van der Waals surface area contributed by atoms with Crippen LogP contribution in [0.2, 0.25) is 0 Å². The first-order valence-electron chi connectivity index (χ1n) is 4.25. The van der Waals surface area contributed by atoms with E-state index in [-0.39, 0.29) is 0 Å². The maximum atomic E-state index is 8.29. The molecule has 0 atom stereocenters. The van der Waals surface area contributed by atoms with Crippen molar-refractivity contribution in [1.29, 1.82) is 5.26 Å². The number of hydrogen-bond acceptors (Lipinski definition) is 3. The van der Waals surface area contributed by atoms with Crippen molar-refractivity contribution in [3.63, 3.8) is 0 Å². The van der Waals surface area contributed by atoms with Gasteiger partial charge in [0.05, 0.1) is 6.07 Å². The molecule has 3 nitrogen and oxygen atoms in total. The summed E-state index contributed by atoms with van der Waals surface area (Å²) in [5.74, 6) is 0. The Balaban J connectivity index is 2.30. The molecule has 3 N–H and O–H groups in total. The Bertz CT molecular complexity index is 284. The van der Waals surface area contributed by atoms with E-state index in [1.54, 1.807) is 0 Å². The zero-order chi connectivity index (χ0) is 9.52. The topological polar surface area (TPSA) is 61.8 Å². The van der Waals surface area contributed by atoms with Crippen molar-refractivity contribution in [3.05, 3.63) is 29.8 Å². The number of nitrogens with one attached hydrogen (secondary N) is 1. The van der Waals surface area contributed by atoms with Crippen LogP contribution < -0.4 is 11.1 Å². The molecular formula is C10H13N3. The number of nitrogen functional groups attached to an aromatic ring is 1. The molecule has 0 unspecified atom stereocenters. The molecule has 3 heteroatoms. The summed E-state index contributed by atoms with van der Waals surface area (Å²) in [6, 6.07) is 9.79. The number of nitrogens with zero attached hydrogens (tertiary/aromatic N) is 1. The summed E-state index contributed by atoms with van der Waals surface area (Å²) < 4.78 is 0. The highest BCUT2D eigenvalue weighted by Gasteiger charge is 1.91. The lowest BCUT2D eigenvalue weighted by atomic mass is 10.2. The first-order chi connectivity index (χ1) is 6.33.